The molecule has 2 nitrogen and oxygen atoms in total. The highest BCUT2D eigenvalue weighted by molar-refractivity contribution is 5.86. The second-order valence-electron chi connectivity index (χ2n) is 5.14. The van der Waals surface area contributed by atoms with Crippen LogP contribution in [0.1, 0.15) is 43.9 Å². The number of ether oxygens (including phenoxy) is 1. The van der Waals surface area contributed by atoms with Gasteiger partial charge in [-0.2, -0.15) is 0 Å². The smallest absolute Gasteiger partial charge is 0.120 e. The molecule has 1 N–H and O–H groups in total. The summed E-state index contributed by atoms with van der Waals surface area (Å²) in [7, 11) is 0. The number of fused-ring (bicyclic) bond motifs is 3. The molecule has 0 atom stereocenters. The third-order valence-electron chi connectivity index (χ3n) is 3.88. The molecule has 0 amide bonds. The van der Waals surface area contributed by atoms with Gasteiger partial charge in [0.25, 0.3) is 0 Å². The third kappa shape index (κ3) is 2.12. The number of aromatic amines is 1. The number of H-pyrrole nitrogens is 1. The van der Waals surface area contributed by atoms with Crippen molar-refractivity contribution >= 4 is 10.9 Å². The first kappa shape index (κ1) is 11.6. The number of aromatic nitrogens is 1. The number of aryl methyl sites for hydroxylation is 2. The molecule has 0 aliphatic heterocycles. The summed E-state index contributed by atoms with van der Waals surface area (Å²) in [4.78, 5) is 3.60. The van der Waals surface area contributed by atoms with Gasteiger partial charge >= 0.3 is 0 Å². The molecule has 1 aromatic heterocycles. The van der Waals surface area contributed by atoms with E-state index in [1.807, 2.05) is 6.92 Å². The largest absolute Gasteiger partial charge is 0.494 e. The van der Waals surface area contributed by atoms with Crippen LogP contribution in [-0.2, 0) is 12.8 Å². The van der Waals surface area contributed by atoms with E-state index in [-0.39, 0.29) is 0 Å². The Morgan fingerprint density at radius 1 is 1.11 bits per heavy atom. The molecule has 1 aliphatic carbocycles. The van der Waals surface area contributed by atoms with Gasteiger partial charge in [0.2, 0.25) is 0 Å². The van der Waals surface area contributed by atoms with Gasteiger partial charge in [-0.1, -0.05) is 12.8 Å². The van der Waals surface area contributed by atoms with Gasteiger partial charge in [-0.15, -0.1) is 0 Å². The molecule has 0 radical (unpaired) electrons. The van der Waals surface area contributed by atoms with E-state index in [1.165, 1.54) is 60.7 Å². The summed E-state index contributed by atoms with van der Waals surface area (Å²) in [6.07, 6.45) is 7.80. The van der Waals surface area contributed by atoms with E-state index in [2.05, 4.69) is 23.2 Å². The molecular weight excluding hydrogens is 222 g/mol. The van der Waals surface area contributed by atoms with Gasteiger partial charge in [-0.05, 0) is 56.4 Å². The molecule has 2 aromatic rings. The van der Waals surface area contributed by atoms with Crippen LogP contribution in [0.3, 0.4) is 0 Å². The average molecular weight is 243 g/mol. The lowest BCUT2D eigenvalue weighted by Gasteiger charge is -2.09. The first-order valence-electron chi connectivity index (χ1n) is 7.15. The third-order valence-corrected chi connectivity index (χ3v) is 3.88. The van der Waals surface area contributed by atoms with Crippen molar-refractivity contribution in [1.29, 1.82) is 0 Å². The minimum absolute atomic E-state index is 0.734. The highest BCUT2D eigenvalue weighted by Gasteiger charge is 2.13. The van der Waals surface area contributed by atoms with Crippen molar-refractivity contribution in [2.75, 3.05) is 6.61 Å². The van der Waals surface area contributed by atoms with Crippen molar-refractivity contribution in [1.82, 2.24) is 4.98 Å². The van der Waals surface area contributed by atoms with Gasteiger partial charge in [0, 0.05) is 16.6 Å². The van der Waals surface area contributed by atoms with Crippen LogP contribution in [0.4, 0.5) is 0 Å². The standard InChI is InChI=1S/C16H21NO/c1-2-18-12-9-10-16-14(11-12)13-7-5-3-4-6-8-15(13)17-16/h9-11,17H,2-8H2,1H3. The van der Waals surface area contributed by atoms with E-state index in [1.54, 1.807) is 0 Å². The van der Waals surface area contributed by atoms with Crippen LogP contribution in [-0.4, -0.2) is 11.6 Å². The highest BCUT2D eigenvalue weighted by atomic mass is 16.5. The number of nitrogens with one attached hydrogen (secondary N) is 1. The van der Waals surface area contributed by atoms with Crippen LogP contribution < -0.4 is 4.74 Å². The van der Waals surface area contributed by atoms with Crippen molar-refractivity contribution in [3.63, 3.8) is 0 Å². The maximum atomic E-state index is 5.62. The lowest BCUT2D eigenvalue weighted by Crippen LogP contribution is -1.97. The number of rotatable bonds is 2. The Morgan fingerprint density at radius 3 is 2.78 bits per heavy atom. The fourth-order valence-corrected chi connectivity index (χ4v) is 3.00. The molecule has 0 saturated carbocycles. The van der Waals surface area contributed by atoms with Crippen LogP contribution in [0.15, 0.2) is 18.2 Å². The Hall–Kier alpha value is -1.44. The molecule has 2 heteroatoms. The summed E-state index contributed by atoms with van der Waals surface area (Å²) in [6, 6.07) is 6.43. The topological polar surface area (TPSA) is 25.0 Å². The van der Waals surface area contributed by atoms with Gasteiger partial charge in [0.15, 0.2) is 0 Å². The van der Waals surface area contributed by atoms with E-state index in [0.29, 0.717) is 0 Å². The number of hydrogen-bond donors (Lipinski definition) is 1. The molecule has 0 spiro atoms. The van der Waals surface area contributed by atoms with E-state index in [9.17, 15) is 0 Å². The monoisotopic (exact) mass is 243 g/mol. The molecular formula is C16H21NO. The molecule has 0 bridgehead atoms. The van der Waals surface area contributed by atoms with Crippen molar-refractivity contribution in [3.8, 4) is 5.75 Å². The van der Waals surface area contributed by atoms with Crippen LogP contribution in [0, 0.1) is 0 Å². The van der Waals surface area contributed by atoms with Crippen molar-refractivity contribution < 1.29 is 4.74 Å². The van der Waals surface area contributed by atoms with Gasteiger partial charge in [-0.3, -0.25) is 0 Å². The highest BCUT2D eigenvalue weighted by Crippen LogP contribution is 2.30. The maximum absolute atomic E-state index is 5.62. The zero-order chi connectivity index (χ0) is 12.4. The predicted octanol–water partition coefficient (Wildman–Crippen LogP) is 4.23. The average Bonchev–Trinajstić information content (AvgIpc) is 2.66. The van der Waals surface area contributed by atoms with Crippen molar-refractivity contribution in [2.45, 2.75) is 45.4 Å². The van der Waals surface area contributed by atoms with E-state index >= 15 is 0 Å². The lowest BCUT2D eigenvalue weighted by molar-refractivity contribution is 0.340. The molecule has 3 rings (SSSR count). The van der Waals surface area contributed by atoms with Gasteiger partial charge in [0.1, 0.15) is 5.75 Å². The van der Waals surface area contributed by atoms with Crippen LogP contribution >= 0.6 is 0 Å². The lowest BCUT2D eigenvalue weighted by atomic mass is 9.97. The first-order valence-corrected chi connectivity index (χ1v) is 7.15. The van der Waals surface area contributed by atoms with Gasteiger partial charge in [0.05, 0.1) is 6.61 Å². The second kappa shape index (κ2) is 5.05. The van der Waals surface area contributed by atoms with Gasteiger partial charge in [-0.25, -0.2) is 0 Å². The predicted molar refractivity (Wildman–Crippen MR) is 75.3 cm³/mol. The van der Waals surface area contributed by atoms with Crippen molar-refractivity contribution in [3.05, 3.63) is 29.5 Å². The summed E-state index contributed by atoms with van der Waals surface area (Å²) in [5, 5.41) is 1.37. The van der Waals surface area contributed by atoms with E-state index in [0.717, 1.165) is 12.4 Å². The Labute approximate surface area is 108 Å². The van der Waals surface area contributed by atoms with Gasteiger partial charge < -0.3 is 9.72 Å². The Kier molecular flexibility index (Phi) is 3.26. The molecule has 1 aromatic carbocycles. The number of benzene rings is 1. The van der Waals surface area contributed by atoms with Crippen molar-refractivity contribution in [2.24, 2.45) is 0 Å². The molecule has 0 unspecified atom stereocenters. The second-order valence-corrected chi connectivity index (χ2v) is 5.14. The molecule has 1 heterocycles. The quantitative estimate of drug-likeness (QED) is 0.839. The minimum atomic E-state index is 0.734. The molecule has 1 aliphatic rings. The molecule has 18 heavy (non-hydrogen) atoms. The SMILES string of the molecule is CCOc1ccc2[nH]c3c(c2c1)CCCCCC3. The van der Waals surface area contributed by atoms with Crippen LogP contribution in [0.5, 0.6) is 5.75 Å². The minimum Gasteiger partial charge on any atom is -0.494 e. The molecule has 96 valence electrons. The molecule has 0 fully saturated rings. The summed E-state index contributed by atoms with van der Waals surface area (Å²) in [5.41, 5.74) is 4.26. The Balaban J connectivity index is 2.06. The summed E-state index contributed by atoms with van der Waals surface area (Å²) >= 11 is 0. The fourth-order valence-electron chi connectivity index (χ4n) is 3.00. The number of hydrogen-bond acceptors (Lipinski definition) is 1. The zero-order valence-electron chi connectivity index (χ0n) is 11.1. The first-order chi connectivity index (χ1) is 8.88. The summed E-state index contributed by atoms with van der Waals surface area (Å²) < 4.78 is 5.62. The Morgan fingerprint density at radius 2 is 1.94 bits per heavy atom. The van der Waals surface area contributed by atoms with Crippen LogP contribution in [0.2, 0.25) is 0 Å². The molecule has 0 saturated heterocycles. The summed E-state index contributed by atoms with van der Waals surface area (Å²) in [6.45, 7) is 2.77. The maximum Gasteiger partial charge on any atom is 0.120 e. The zero-order valence-corrected chi connectivity index (χ0v) is 11.1. The van der Waals surface area contributed by atoms with E-state index in [4.69, 9.17) is 4.74 Å². The normalized spacial score (nSPS) is 16.1. The Bertz CT molecular complexity index is 541. The van der Waals surface area contributed by atoms with E-state index < -0.39 is 0 Å². The fraction of sp³-hybridized carbons (Fsp3) is 0.500. The summed E-state index contributed by atoms with van der Waals surface area (Å²) in [5.74, 6) is 0.994. The van der Waals surface area contributed by atoms with Crippen LogP contribution in [0.25, 0.3) is 10.9 Å².